The van der Waals surface area contributed by atoms with E-state index in [-0.39, 0.29) is 11.9 Å². The topological polar surface area (TPSA) is 69.7 Å². The van der Waals surface area contributed by atoms with Crippen LogP contribution in [0.4, 0.5) is 0 Å². The fourth-order valence-electron chi connectivity index (χ4n) is 4.12. The summed E-state index contributed by atoms with van der Waals surface area (Å²) in [6.07, 6.45) is 2.33. The smallest absolute Gasteiger partial charge is 0.346 e. The van der Waals surface area contributed by atoms with Crippen LogP contribution in [-0.2, 0) is 14.3 Å². The second-order valence-electron chi connectivity index (χ2n) is 8.65. The average molecular weight is 408 g/mol. The number of esters is 3. The largest absolute Gasteiger partial charge is 0.469 e. The molecule has 0 N–H and O–H groups in total. The van der Waals surface area contributed by atoms with Crippen molar-refractivity contribution in [2.24, 2.45) is 5.41 Å². The third kappa shape index (κ3) is 4.61. The highest BCUT2D eigenvalue weighted by molar-refractivity contribution is 6.14. The number of fused-ring (bicyclic) bond motifs is 1. The van der Waals surface area contributed by atoms with Gasteiger partial charge in [0, 0.05) is 0 Å². The molecule has 0 radical (unpaired) electrons. The number of carbonyl (C=O) groups is 3. The van der Waals surface area contributed by atoms with Gasteiger partial charge < -0.3 is 9.47 Å². The van der Waals surface area contributed by atoms with Gasteiger partial charge in [-0.2, -0.15) is 0 Å². The predicted octanol–water partition coefficient (Wildman–Crippen LogP) is 5.25. The molecule has 0 bridgehead atoms. The first-order valence-electron chi connectivity index (χ1n) is 10.3. The van der Waals surface area contributed by atoms with Crippen molar-refractivity contribution in [2.75, 3.05) is 7.11 Å². The Morgan fingerprint density at radius 3 is 2.30 bits per heavy atom. The normalized spacial score (nSPS) is 15.3. The van der Waals surface area contributed by atoms with E-state index in [4.69, 9.17) is 9.47 Å². The zero-order chi connectivity index (χ0) is 21.9. The Bertz CT molecular complexity index is 945. The molecule has 2 aromatic rings. The van der Waals surface area contributed by atoms with E-state index >= 15 is 0 Å². The molecular weight excluding hydrogens is 380 g/mol. The van der Waals surface area contributed by atoms with Gasteiger partial charge in [-0.3, -0.25) is 4.79 Å². The van der Waals surface area contributed by atoms with Crippen molar-refractivity contribution in [3.8, 4) is 0 Å². The van der Waals surface area contributed by atoms with Gasteiger partial charge in [0.2, 0.25) is 0 Å². The minimum atomic E-state index is -0.676. The molecule has 2 unspecified atom stereocenters. The second kappa shape index (κ2) is 8.82. The summed E-state index contributed by atoms with van der Waals surface area (Å²) in [5.41, 5.74) is 2.12. The molecule has 1 aliphatic rings. The Morgan fingerprint density at radius 1 is 0.967 bits per heavy atom. The number of benzene rings is 2. The van der Waals surface area contributed by atoms with Gasteiger partial charge in [-0.1, -0.05) is 43.3 Å². The maximum absolute atomic E-state index is 12.3. The molecule has 0 saturated carbocycles. The van der Waals surface area contributed by atoms with E-state index in [1.54, 1.807) is 12.1 Å². The fraction of sp³-hybridized carbons (Fsp3) is 0.400. The predicted molar refractivity (Wildman–Crippen MR) is 113 cm³/mol. The van der Waals surface area contributed by atoms with Crippen LogP contribution in [0, 0.1) is 5.41 Å². The van der Waals surface area contributed by atoms with Crippen LogP contribution in [0.25, 0.3) is 0 Å². The number of rotatable bonds is 8. The molecule has 1 aliphatic heterocycles. The van der Waals surface area contributed by atoms with Crippen molar-refractivity contribution < 1.29 is 23.9 Å². The molecule has 30 heavy (non-hydrogen) atoms. The van der Waals surface area contributed by atoms with E-state index in [1.807, 2.05) is 38.1 Å². The lowest BCUT2D eigenvalue weighted by Crippen LogP contribution is -2.28. The summed E-state index contributed by atoms with van der Waals surface area (Å²) in [6, 6.07) is 15.6. The molecule has 5 heteroatoms. The zero-order valence-corrected chi connectivity index (χ0v) is 17.9. The molecule has 2 aromatic carbocycles. The number of carbonyl (C=O) groups excluding carboxylic acids is 3. The van der Waals surface area contributed by atoms with E-state index < -0.39 is 17.4 Å². The van der Waals surface area contributed by atoms with Gasteiger partial charge in [0.25, 0.3) is 0 Å². The molecule has 0 amide bonds. The molecule has 158 valence electrons. The summed E-state index contributed by atoms with van der Waals surface area (Å²) in [4.78, 5) is 36.1. The fourth-order valence-corrected chi connectivity index (χ4v) is 4.12. The van der Waals surface area contributed by atoms with Crippen molar-refractivity contribution in [1.82, 2.24) is 0 Å². The van der Waals surface area contributed by atoms with Gasteiger partial charge in [-0.15, -0.1) is 0 Å². The number of ether oxygens (including phenoxy) is 2. The first kappa shape index (κ1) is 21.8. The van der Waals surface area contributed by atoms with Crippen molar-refractivity contribution in [3.05, 3.63) is 70.8 Å². The van der Waals surface area contributed by atoms with Crippen LogP contribution < -0.4 is 0 Å². The van der Waals surface area contributed by atoms with Crippen LogP contribution in [0.1, 0.15) is 83.7 Å². The summed E-state index contributed by atoms with van der Waals surface area (Å²) < 4.78 is 9.72. The molecule has 3 rings (SSSR count). The van der Waals surface area contributed by atoms with Gasteiger partial charge in [0.15, 0.2) is 0 Å². The summed E-state index contributed by atoms with van der Waals surface area (Å²) in [6.45, 7) is 5.94. The van der Waals surface area contributed by atoms with E-state index in [2.05, 4.69) is 19.1 Å². The lowest BCUT2D eigenvalue weighted by atomic mass is 9.76. The summed E-state index contributed by atoms with van der Waals surface area (Å²) in [5, 5.41) is 0. The first-order chi connectivity index (χ1) is 14.2. The maximum Gasteiger partial charge on any atom is 0.346 e. The summed E-state index contributed by atoms with van der Waals surface area (Å²) in [7, 11) is 1.40. The zero-order valence-electron chi connectivity index (χ0n) is 17.9. The Balaban J connectivity index is 1.86. The van der Waals surface area contributed by atoms with Crippen LogP contribution >= 0.6 is 0 Å². The standard InChI is InChI=1S/C25H28O5/c1-16(17-8-6-5-7-9-17)10-11-19(15-25(2,3)24(28)29-4)18-12-13-20-21(14-18)23(27)30-22(20)26/h5-9,12-14,16,19H,10-11,15H2,1-4H3. The quantitative estimate of drug-likeness (QED) is 0.440. The highest BCUT2D eigenvalue weighted by Gasteiger charge is 2.35. The van der Waals surface area contributed by atoms with E-state index in [0.29, 0.717) is 23.5 Å². The second-order valence-corrected chi connectivity index (χ2v) is 8.65. The van der Waals surface area contributed by atoms with Crippen molar-refractivity contribution in [1.29, 1.82) is 0 Å². The maximum atomic E-state index is 12.3. The highest BCUT2D eigenvalue weighted by Crippen LogP contribution is 2.38. The molecule has 0 saturated heterocycles. The van der Waals surface area contributed by atoms with Crippen LogP contribution in [0.2, 0.25) is 0 Å². The molecule has 2 atom stereocenters. The van der Waals surface area contributed by atoms with Crippen molar-refractivity contribution >= 4 is 17.9 Å². The lowest BCUT2D eigenvalue weighted by Gasteiger charge is -2.28. The van der Waals surface area contributed by atoms with Crippen LogP contribution in [0.3, 0.4) is 0 Å². The molecule has 0 spiro atoms. The minimum Gasteiger partial charge on any atom is -0.469 e. The van der Waals surface area contributed by atoms with E-state index in [1.165, 1.54) is 12.7 Å². The summed E-state index contributed by atoms with van der Waals surface area (Å²) >= 11 is 0. The van der Waals surface area contributed by atoms with Gasteiger partial charge >= 0.3 is 17.9 Å². The Morgan fingerprint density at radius 2 is 1.63 bits per heavy atom. The molecule has 1 heterocycles. The van der Waals surface area contributed by atoms with Gasteiger partial charge in [-0.25, -0.2) is 9.59 Å². The summed E-state index contributed by atoms with van der Waals surface area (Å²) in [5.74, 6) is -1.10. The lowest BCUT2D eigenvalue weighted by molar-refractivity contribution is -0.151. The molecule has 0 fully saturated rings. The third-order valence-electron chi connectivity index (χ3n) is 5.95. The van der Waals surface area contributed by atoms with Gasteiger partial charge in [0.05, 0.1) is 23.7 Å². The third-order valence-corrected chi connectivity index (χ3v) is 5.95. The molecular formula is C25H28O5. The van der Waals surface area contributed by atoms with Crippen LogP contribution in [-0.4, -0.2) is 25.0 Å². The number of cyclic esters (lactones) is 2. The van der Waals surface area contributed by atoms with Gasteiger partial charge in [0.1, 0.15) is 0 Å². The van der Waals surface area contributed by atoms with E-state index in [9.17, 15) is 14.4 Å². The average Bonchev–Trinajstić information content (AvgIpc) is 3.03. The SMILES string of the molecule is COC(=O)C(C)(C)CC(CCC(C)c1ccccc1)c1ccc2c(c1)C(=O)OC2=O. The first-order valence-corrected chi connectivity index (χ1v) is 10.3. The highest BCUT2D eigenvalue weighted by atomic mass is 16.6. The monoisotopic (exact) mass is 408 g/mol. The van der Waals surface area contributed by atoms with Crippen molar-refractivity contribution in [2.45, 2.75) is 51.9 Å². The van der Waals surface area contributed by atoms with Crippen LogP contribution in [0.5, 0.6) is 0 Å². The molecule has 5 nitrogen and oxygen atoms in total. The Kier molecular flexibility index (Phi) is 6.40. The minimum absolute atomic E-state index is 0.0269. The number of hydrogen-bond donors (Lipinski definition) is 0. The Hall–Kier alpha value is -2.95. The Labute approximate surface area is 177 Å². The van der Waals surface area contributed by atoms with Crippen LogP contribution in [0.15, 0.2) is 48.5 Å². The van der Waals surface area contributed by atoms with Gasteiger partial charge in [-0.05, 0) is 68.2 Å². The molecule has 0 aromatic heterocycles. The number of hydrogen-bond acceptors (Lipinski definition) is 5. The van der Waals surface area contributed by atoms with E-state index in [0.717, 1.165) is 18.4 Å². The van der Waals surface area contributed by atoms with Crippen molar-refractivity contribution in [3.63, 3.8) is 0 Å². The molecule has 0 aliphatic carbocycles. The number of methoxy groups -OCH3 is 1.